The molecule has 5 N–H and O–H groups in total. The molecule has 1 saturated heterocycles. The third-order valence-corrected chi connectivity index (χ3v) is 6.48. The maximum absolute atomic E-state index is 14.6. The monoisotopic (exact) mass is 471 g/mol. The van der Waals surface area contributed by atoms with Crippen LogP contribution in [0.5, 0.6) is 5.75 Å². The Kier molecular flexibility index (Phi) is 7.45. The summed E-state index contributed by atoms with van der Waals surface area (Å²) in [6.07, 6.45) is -1.17. The number of benzene rings is 2. The zero-order valence-electron chi connectivity index (χ0n) is 18.8. The van der Waals surface area contributed by atoms with Gasteiger partial charge < -0.3 is 30.9 Å². The number of alkyl halides is 1. The van der Waals surface area contributed by atoms with E-state index in [9.17, 15) is 19.1 Å². The number of halogens is 1. The van der Waals surface area contributed by atoms with Crippen LogP contribution in [0.4, 0.5) is 10.1 Å². The molecule has 2 aliphatic rings. The molecule has 1 saturated carbocycles. The van der Waals surface area contributed by atoms with Crippen molar-refractivity contribution < 1.29 is 28.9 Å². The van der Waals surface area contributed by atoms with Crippen LogP contribution in [0.2, 0.25) is 0 Å². The summed E-state index contributed by atoms with van der Waals surface area (Å²) >= 11 is 0. The minimum Gasteiger partial charge on any atom is -0.487 e. The van der Waals surface area contributed by atoms with Crippen molar-refractivity contribution >= 4 is 17.5 Å². The number of hydrogen-bond acceptors (Lipinski definition) is 6. The molecule has 0 unspecified atom stereocenters. The number of nitrogens with zero attached hydrogens (tertiary/aromatic N) is 1. The Balaban J connectivity index is 1.44. The molecule has 1 heterocycles. The predicted molar refractivity (Wildman–Crippen MR) is 125 cm³/mol. The molecule has 1 aliphatic heterocycles. The second-order valence-electron chi connectivity index (χ2n) is 8.88. The minimum atomic E-state index is -1.37. The lowest BCUT2D eigenvalue weighted by molar-refractivity contribution is -0.138. The van der Waals surface area contributed by atoms with Crippen LogP contribution in [-0.4, -0.2) is 65.0 Å². The molecular weight excluding hydrogens is 441 g/mol. The van der Waals surface area contributed by atoms with E-state index in [0.717, 1.165) is 16.7 Å². The molecule has 182 valence electrons. The van der Waals surface area contributed by atoms with Crippen molar-refractivity contribution in [3.63, 3.8) is 0 Å². The number of ether oxygens (including phenoxy) is 1. The highest BCUT2D eigenvalue weighted by atomic mass is 19.1. The van der Waals surface area contributed by atoms with Crippen LogP contribution >= 0.6 is 0 Å². The normalized spacial score (nSPS) is 24.3. The van der Waals surface area contributed by atoms with E-state index < -0.39 is 24.8 Å². The number of anilines is 1. The van der Waals surface area contributed by atoms with Gasteiger partial charge in [0.25, 0.3) is 0 Å². The van der Waals surface area contributed by atoms with Crippen LogP contribution < -0.4 is 15.8 Å². The summed E-state index contributed by atoms with van der Waals surface area (Å²) in [6.45, 7) is -0.231. The standard InChI is InChI=1S/C25H30FN3O5/c26-21-13-29(24(32)14-30)7-6-23(21)34-22-5-4-16(8-18(22)12-27)15-2-1-3-19(9-15)28-25(33)17-10-20(31)11-17/h1-5,8-9,17,20-21,23,30-31H,6-7,10-14,27H2,(H,28,33)/t17?,20?,21-,23+/m1/s1. The molecule has 2 aromatic carbocycles. The molecule has 2 fully saturated rings. The number of nitrogens with one attached hydrogen (secondary N) is 1. The smallest absolute Gasteiger partial charge is 0.248 e. The lowest BCUT2D eigenvalue weighted by Crippen LogP contribution is -2.50. The number of likely N-dealkylation sites (tertiary alicyclic amines) is 1. The molecule has 2 aromatic rings. The van der Waals surface area contributed by atoms with Crippen molar-refractivity contribution in [3.8, 4) is 16.9 Å². The zero-order valence-corrected chi connectivity index (χ0v) is 18.8. The van der Waals surface area contributed by atoms with Gasteiger partial charge in [0.1, 0.15) is 18.5 Å². The molecule has 9 heteroatoms. The van der Waals surface area contributed by atoms with Gasteiger partial charge in [0, 0.05) is 36.7 Å². The maximum Gasteiger partial charge on any atom is 0.248 e. The SMILES string of the molecule is NCc1cc(-c2cccc(NC(=O)C3CC(O)C3)c2)ccc1O[C@H]1CCN(C(=O)CO)C[C@H]1F. The Labute approximate surface area is 197 Å². The number of carbonyl (C=O) groups is 2. The fourth-order valence-electron chi connectivity index (χ4n) is 4.36. The number of nitrogens with two attached hydrogens (primary N) is 1. The van der Waals surface area contributed by atoms with Crippen LogP contribution in [0.3, 0.4) is 0 Å². The van der Waals surface area contributed by atoms with Crippen molar-refractivity contribution in [2.45, 2.75) is 44.2 Å². The van der Waals surface area contributed by atoms with E-state index in [4.69, 9.17) is 15.6 Å². The highest BCUT2D eigenvalue weighted by Crippen LogP contribution is 2.32. The van der Waals surface area contributed by atoms with Gasteiger partial charge in [0.05, 0.1) is 12.6 Å². The van der Waals surface area contributed by atoms with Crippen LogP contribution in [0.25, 0.3) is 11.1 Å². The lowest BCUT2D eigenvalue weighted by Gasteiger charge is -2.34. The summed E-state index contributed by atoms with van der Waals surface area (Å²) in [5.74, 6) is -0.251. The third kappa shape index (κ3) is 5.38. The van der Waals surface area contributed by atoms with E-state index in [0.29, 0.717) is 37.2 Å². The summed E-state index contributed by atoms with van der Waals surface area (Å²) in [5.41, 5.74) is 9.09. The average molecular weight is 472 g/mol. The minimum absolute atomic E-state index is 0.0960. The number of piperidine rings is 1. The Morgan fingerprint density at radius 3 is 2.62 bits per heavy atom. The van der Waals surface area contributed by atoms with Crippen LogP contribution in [0.1, 0.15) is 24.8 Å². The number of aliphatic hydroxyl groups excluding tert-OH is 2. The fraction of sp³-hybridized carbons (Fsp3) is 0.440. The Morgan fingerprint density at radius 2 is 1.94 bits per heavy atom. The molecular formula is C25H30FN3O5. The molecule has 8 nitrogen and oxygen atoms in total. The summed E-state index contributed by atoms with van der Waals surface area (Å²) in [5, 5.41) is 21.3. The molecule has 2 atom stereocenters. The van der Waals surface area contributed by atoms with Gasteiger partial charge in [-0.3, -0.25) is 9.59 Å². The molecule has 0 aromatic heterocycles. The van der Waals surface area contributed by atoms with Gasteiger partial charge in [-0.1, -0.05) is 18.2 Å². The van der Waals surface area contributed by atoms with Crippen molar-refractivity contribution in [2.75, 3.05) is 25.0 Å². The quantitative estimate of drug-likeness (QED) is 0.488. The number of hydrogen-bond donors (Lipinski definition) is 4. The molecule has 0 spiro atoms. The maximum atomic E-state index is 14.6. The first-order valence-electron chi connectivity index (χ1n) is 11.5. The first kappa shape index (κ1) is 24.1. The van der Waals surface area contributed by atoms with E-state index in [1.165, 1.54) is 4.90 Å². The van der Waals surface area contributed by atoms with E-state index in [2.05, 4.69) is 5.32 Å². The van der Waals surface area contributed by atoms with Gasteiger partial charge in [-0.25, -0.2) is 4.39 Å². The molecule has 2 amide bonds. The van der Waals surface area contributed by atoms with Gasteiger partial charge in [-0.05, 0) is 48.2 Å². The molecule has 1 aliphatic carbocycles. The zero-order chi connectivity index (χ0) is 24.2. The number of aliphatic hydroxyl groups is 2. The summed E-state index contributed by atoms with van der Waals surface area (Å²) in [6, 6.07) is 13.0. The van der Waals surface area contributed by atoms with Gasteiger partial charge >= 0.3 is 0 Å². The van der Waals surface area contributed by atoms with Gasteiger partial charge in [0.15, 0.2) is 6.17 Å². The van der Waals surface area contributed by atoms with E-state index in [1.807, 2.05) is 36.4 Å². The largest absolute Gasteiger partial charge is 0.487 e. The van der Waals surface area contributed by atoms with Crippen molar-refractivity contribution in [1.29, 1.82) is 0 Å². The predicted octanol–water partition coefficient (Wildman–Crippen LogP) is 1.83. The number of rotatable bonds is 7. The number of carbonyl (C=O) groups excluding carboxylic acids is 2. The second kappa shape index (κ2) is 10.5. The van der Waals surface area contributed by atoms with Crippen molar-refractivity contribution in [2.24, 2.45) is 11.7 Å². The fourth-order valence-corrected chi connectivity index (χ4v) is 4.36. The summed E-state index contributed by atoms with van der Waals surface area (Å²) < 4.78 is 20.6. The van der Waals surface area contributed by atoms with Crippen molar-refractivity contribution in [1.82, 2.24) is 4.90 Å². The van der Waals surface area contributed by atoms with Gasteiger partial charge in [0.2, 0.25) is 11.8 Å². The molecule has 0 bridgehead atoms. The Hall–Kier alpha value is -3.01. The van der Waals surface area contributed by atoms with E-state index >= 15 is 0 Å². The van der Waals surface area contributed by atoms with Crippen LogP contribution in [0.15, 0.2) is 42.5 Å². The van der Waals surface area contributed by atoms with Crippen molar-refractivity contribution in [3.05, 3.63) is 48.0 Å². The molecule has 34 heavy (non-hydrogen) atoms. The highest BCUT2D eigenvalue weighted by molar-refractivity contribution is 5.93. The lowest BCUT2D eigenvalue weighted by atomic mass is 9.82. The van der Waals surface area contributed by atoms with E-state index in [1.54, 1.807) is 6.07 Å². The van der Waals surface area contributed by atoms with Gasteiger partial charge in [-0.15, -0.1) is 0 Å². The average Bonchev–Trinajstić information content (AvgIpc) is 2.83. The number of amides is 2. The topological polar surface area (TPSA) is 125 Å². The summed E-state index contributed by atoms with van der Waals surface area (Å²) in [4.78, 5) is 25.2. The molecule has 4 rings (SSSR count). The van der Waals surface area contributed by atoms with Crippen LogP contribution in [0, 0.1) is 5.92 Å². The Morgan fingerprint density at radius 1 is 1.18 bits per heavy atom. The first-order valence-corrected chi connectivity index (χ1v) is 11.5. The summed E-state index contributed by atoms with van der Waals surface area (Å²) in [7, 11) is 0. The van der Waals surface area contributed by atoms with E-state index in [-0.39, 0.29) is 31.0 Å². The highest BCUT2D eigenvalue weighted by Gasteiger charge is 2.34. The molecule has 0 radical (unpaired) electrons. The van der Waals surface area contributed by atoms with Gasteiger partial charge in [-0.2, -0.15) is 0 Å². The third-order valence-electron chi connectivity index (χ3n) is 6.48. The Bertz CT molecular complexity index is 1040. The van der Waals surface area contributed by atoms with Crippen LogP contribution in [-0.2, 0) is 16.1 Å². The first-order chi connectivity index (χ1) is 16.4. The second-order valence-corrected chi connectivity index (χ2v) is 8.88.